The van der Waals surface area contributed by atoms with Crippen LogP contribution in [0.2, 0.25) is 0 Å². The molecule has 1 aliphatic rings. The summed E-state index contributed by atoms with van der Waals surface area (Å²) in [5.74, 6) is 1.03. The molecule has 0 saturated heterocycles. The van der Waals surface area contributed by atoms with Gasteiger partial charge in [-0.05, 0) is 24.6 Å². The smallest absolute Gasteiger partial charge is 0.149 e. The van der Waals surface area contributed by atoms with Crippen molar-refractivity contribution in [2.75, 3.05) is 6.61 Å². The Labute approximate surface area is 117 Å². The van der Waals surface area contributed by atoms with Gasteiger partial charge in [-0.3, -0.25) is 4.79 Å². The number of rotatable bonds is 4. The Morgan fingerprint density at radius 1 is 1.26 bits per heavy atom. The molecule has 0 spiro atoms. The van der Waals surface area contributed by atoms with Crippen molar-refractivity contribution in [3.63, 3.8) is 0 Å². The highest BCUT2D eigenvalue weighted by Gasteiger charge is 2.29. The molecule has 2 heterocycles. The van der Waals surface area contributed by atoms with E-state index in [1.807, 2.05) is 24.3 Å². The van der Waals surface area contributed by atoms with E-state index in [2.05, 4.69) is 19.1 Å². The number of thiophene rings is 1. The maximum absolute atomic E-state index is 12.4. The first kappa shape index (κ1) is 12.4. The zero-order valence-corrected chi connectivity index (χ0v) is 11.7. The minimum atomic E-state index is -0.0941. The summed E-state index contributed by atoms with van der Waals surface area (Å²) in [6.45, 7) is 2.63. The highest BCUT2D eigenvalue weighted by Crippen LogP contribution is 2.35. The molecule has 0 N–H and O–H groups in total. The number of ketones is 1. The van der Waals surface area contributed by atoms with Gasteiger partial charge in [0.15, 0.2) is 0 Å². The van der Waals surface area contributed by atoms with Crippen LogP contribution in [0.15, 0.2) is 36.4 Å². The van der Waals surface area contributed by atoms with Gasteiger partial charge in [0.1, 0.15) is 18.1 Å². The summed E-state index contributed by atoms with van der Waals surface area (Å²) >= 11 is 1.74. The fourth-order valence-corrected chi connectivity index (χ4v) is 3.40. The molecular weight excluding hydrogens is 256 g/mol. The summed E-state index contributed by atoms with van der Waals surface area (Å²) in [5, 5.41) is 0. The second-order valence-corrected chi connectivity index (χ2v) is 6.02. The van der Waals surface area contributed by atoms with Gasteiger partial charge in [-0.15, -0.1) is 11.3 Å². The van der Waals surface area contributed by atoms with Crippen LogP contribution in [-0.2, 0) is 17.6 Å². The Balaban J connectivity index is 1.75. The molecule has 0 radical (unpaired) electrons. The molecule has 2 aromatic rings. The Hall–Kier alpha value is -1.61. The number of benzene rings is 1. The number of ether oxygens (including phenoxy) is 1. The van der Waals surface area contributed by atoms with Crippen LogP contribution in [0.25, 0.3) is 0 Å². The second kappa shape index (κ2) is 5.17. The van der Waals surface area contributed by atoms with Crippen LogP contribution in [0, 0.1) is 0 Å². The lowest BCUT2D eigenvalue weighted by Gasteiger charge is -2.06. The predicted octanol–water partition coefficient (Wildman–Crippen LogP) is 3.60. The number of hydrogen-bond donors (Lipinski definition) is 0. The van der Waals surface area contributed by atoms with Crippen LogP contribution in [-0.4, -0.2) is 12.4 Å². The molecule has 2 nitrogen and oxygen atoms in total. The lowest BCUT2D eigenvalue weighted by molar-refractivity contribution is -0.120. The zero-order chi connectivity index (χ0) is 13.2. The van der Waals surface area contributed by atoms with E-state index in [9.17, 15) is 4.79 Å². The second-order valence-electron chi connectivity index (χ2n) is 4.77. The number of carbonyl (C=O) groups excluding carboxylic acids is 1. The molecule has 0 saturated carbocycles. The molecule has 3 heteroatoms. The topological polar surface area (TPSA) is 26.3 Å². The van der Waals surface area contributed by atoms with E-state index in [4.69, 9.17) is 4.74 Å². The summed E-state index contributed by atoms with van der Waals surface area (Å²) in [6, 6.07) is 12.0. The Morgan fingerprint density at radius 2 is 2.05 bits per heavy atom. The molecule has 0 bridgehead atoms. The maximum atomic E-state index is 12.4. The third kappa shape index (κ3) is 2.43. The van der Waals surface area contributed by atoms with E-state index in [0.29, 0.717) is 13.0 Å². The van der Waals surface area contributed by atoms with Gasteiger partial charge in [0.25, 0.3) is 0 Å². The average Bonchev–Trinajstić information content (AvgIpc) is 3.04. The molecule has 1 aromatic heterocycles. The van der Waals surface area contributed by atoms with E-state index < -0.39 is 0 Å². The fourth-order valence-electron chi connectivity index (χ4n) is 2.43. The van der Waals surface area contributed by atoms with Crippen LogP contribution in [0.5, 0.6) is 5.75 Å². The van der Waals surface area contributed by atoms with Crippen LogP contribution in [0.4, 0.5) is 0 Å². The molecule has 3 rings (SSSR count). The zero-order valence-electron chi connectivity index (χ0n) is 10.9. The van der Waals surface area contributed by atoms with E-state index in [-0.39, 0.29) is 11.7 Å². The first-order valence-electron chi connectivity index (χ1n) is 6.60. The molecule has 0 amide bonds. The van der Waals surface area contributed by atoms with Crippen molar-refractivity contribution >= 4 is 17.1 Å². The highest BCUT2D eigenvalue weighted by molar-refractivity contribution is 7.12. The van der Waals surface area contributed by atoms with E-state index in [1.54, 1.807) is 11.3 Å². The van der Waals surface area contributed by atoms with Crippen molar-refractivity contribution in [2.24, 2.45) is 0 Å². The summed E-state index contributed by atoms with van der Waals surface area (Å²) in [7, 11) is 0. The van der Waals surface area contributed by atoms with Crippen molar-refractivity contribution in [1.82, 2.24) is 0 Å². The highest BCUT2D eigenvalue weighted by atomic mass is 32.1. The molecular formula is C16H16O2S. The summed E-state index contributed by atoms with van der Waals surface area (Å²) in [6.07, 6.45) is 1.56. The number of fused-ring (bicyclic) bond motifs is 1. The lowest BCUT2D eigenvalue weighted by atomic mass is 9.95. The molecule has 1 atom stereocenters. The van der Waals surface area contributed by atoms with Crippen molar-refractivity contribution in [3.8, 4) is 5.75 Å². The van der Waals surface area contributed by atoms with Gasteiger partial charge >= 0.3 is 0 Å². The molecule has 1 unspecified atom stereocenters. The molecule has 1 aliphatic heterocycles. The summed E-state index contributed by atoms with van der Waals surface area (Å²) < 4.78 is 5.58. The van der Waals surface area contributed by atoms with Gasteiger partial charge in [-0.2, -0.15) is 0 Å². The first-order valence-corrected chi connectivity index (χ1v) is 7.41. The summed E-state index contributed by atoms with van der Waals surface area (Å²) in [4.78, 5) is 14.9. The third-order valence-electron chi connectivity index (χ3n) is 3.50. The molecule has 1 aromatic carbocycles. The Morgan fingerprint density at radius 3 is 2.84 bits per heavy atom. The van der Waals surface area contributed by atoms with E-state index in [1.165, 1.54) is 4.88 Å². The minimum Gasteiger partial charge on any atom is -0.492 e. The Bertz CT molecular complexity index is 600. The quantitative estimate of drug-likeness (QED) is 0.850. The summed E-state index contributed by atoms with van der Waals surface area (Å²) in [5.41, 5.74) is 1.04. The van der Waals surface area contributed by atoms with Crippen molar-refractivity contribution in [1.29, 1.82) is 0 Å². The standard InChI is InChI=1S/C16H16O2S/c1-2-11-7-8-12(19-11)9-15(17)14-10-18-16-6-4-3-5-13(14)16/h3-8,14H,2,9-10H2,1H3. The van der Waals surface area contributed by atoms with E-state index >= 15 is 0 Å². The first-order chi connectivity index (χ1) is 9.28. The van der Waals surface area contributed by atoms with Crippen molar-refractivity contribution < 1.29 is 9.53 Å². The molecule has 0 fully saturated rings. The van der Waals surface area contributed by atoms with Gasteiger partial charge in [0.05, 0.1) is 5.92 Å². The van der Waals surface area contributed by atoms with Crippen LogP contribution in [0.3, 0.4) is 0 Å². The van der Waals surface area contributed by atoms with Crippen molar-refractivity contribution in [2.45, 2.75) is 25.7 Å². The van der Waals surface area contributed by atoms with Gasteiger partial charge < -0.3 is 4.74 Å². The van der Waals surface area contributed by atoms with Crippen LogP contribution >= 0.6 is 11.3 Å². The largest absolute Gasteiger partial charge is 0.492 e. The lowest BCUT2D eigenvalue weighted by Crippen LogP contribution is -2.15. The molecule has 19 heavy (non-hydrogen) atoms. The third-order valence-corrected chi connectivity index (χ3v) is 4.73. The maximum Gasteiger partial charge on any atom is 0.149 e. The van der Waals surface area contributed by atoms with Gasteiger partial charge in [-0.25, -0.2) is 0 Å². The van der Waals surface area contributed by atoms with Crippen molar-refractivity contribution in [3.05, 3.63) is 51.7 Å². The van der Waals surface area contributed by atoms with Gasteiger partial charge in [0.2, 0.25) is 0 Å². The number of aryl methyl sites for hydroxylation is 1. The molecule has 98 valence electrons. The van der Waals surface area contributed by atoms with E-state index in [0.717, 1.165) is 22.6 Å². The normalized spacial score (nSPS) is 17.0. The monoisotopic (exact) mass is 272 g/mol. The SMILES string of the molecule is CCc1ccc(CC(=O)C2COc3ccccc32)s1. The fraction of sp³-hybridized carbons (Fsp3) is 0.312. The minimum absolute atomic E-state index is 0.0941. The number of carbonyl (C=O) groups is 1. The number of Topliss-reactive ketones (excluding diaryl/α,β-unsaturated/α-hetero) is 1. The van der Waals surface area contributed by atoms with Crippen LogP contribution in [0.1, 0.15) is 28.2 Å². The van der Waals surface area contributed by atoms with Gasteiger partial charge in [0, 0.05) is 21.7 Å². The molecule has 0 aliphatic carbocycles. The van der Waals surface area contributed by atoms with Gasteiger partial charge in [-0.1, -0.05) is 25.1 Å². The Kier molecular flexibility index (Phi) is 3.38. The predicted molar refractivity (Wildman–Crippen MR) is 77.1 cm³/mol. The average molecular weight is 272 g/mol. The number of hydrogen-bond acceptors (Lipinski definition) is 3. The van der Waals surface area contributed by atoms with Crippen LogP contribution < -0.4 is 4.74 Å². The number of para-hydroxylation sites is 1.